The highest BCUT2D eigenvalue weighted by atomic mass is 32.1. The highest BCUT2D eigenvalue weighted by molar-refractivity contribution is 7.18. The Hall–Kier alpha value is -1.97. The number of hydrogen-bond donors (Lipinski definition) is 0. The number of fused-ring (bicyclic) bond motifs is 3. The molecule has 1 aliphatic rings. The van der Waals surface area contributed by atoms with Crippen LogP contribution in [0.15, 0.2) is 17.6 Å². The van der Waals surface area contributed by atoms with Crippen molar-refractivity contribution in [3.05, 3.63) is 23.5 Å². The van der Waals surface area contributed by atoms with E-state index in [1.165, 1.54) is 23.6 Å². The van der Waals surface area contributed by atoms with Gasteiger partial charge in [0.2, 0.25) is 0 Å². The van der Waals surface area contributed by atoms with Crippen LogP contribution in [0.2, 0.25) is 0 Å². The molecule has 1 fully saturated rings. The minimum Gasteiger partial charge on any atom is -0.379 e. The highest BCUT2D eigenvalue weighted by Crippen LogP contribution is 2.35. The van der Waals surface area contributed by atoms with Crippen molar-refractivity contribution in [3.8, 4) is 6.07 Å². The third-order valence-corrected chi connectivity index (χ3v) is 5.08. The lowest BCUT2D eigenvalue weighted by Gasteiger charge is -2.26. The van der Waals surface area contributed by atoms with Crippen molar-refractivity contribution in [1.82, 2.24) is 14.5 Å². The molecule has 0 saturated carbocycles. The molecular formula is C18H22N4OS. The minimum atomic E-state index is 0.397. The highest BCUT2D eigenvalue weighted by Gasteiger charge is 2.24. The Labute approximate surface area is 145 Å². The van der Waals surface area contributed by atoms with Gasteiger partial charge in [-0.3, -0.25) is 4.98 Å². The van der Waals surface area contributed by atoms with Crippen molar-refractivity contribution in [1.29, 1.82) is 5.26 Å². The fraction of sp³-hybridized carbons (Fsp3) is 0.500. The van der Waals surface area contributed by atoms with Gasteiger partial charge in [-0.05, 0) is 24.3 Å². The van der Waals surface area contributed by atoms with E-state index in [-0.39, 0.29) is 0 Å². The molecule has 4 rings (SSSR count). The first kappa shape index (κ1) is 16.9. The van der Waals surface area contributed by atoms with E-state index in [0.29, 0.717) is 12.0 Å². The molecule has 0 amide bonds. The molecule has 5 nitrogen and oxygen atoms in total. The number of nitriles is 1. The molecule has 0 aromatic carbocycles. The largest absolute Gasteiger partial charge is 0.379 e. The van der Waals surface area contributed by atoms with Crippen LogP contribution in [0.3, 0.4) is 0 Å². The fourth-order valence-corrected chi connectivity index (χ4v) is 4.09. The number of imidazole rings is 1. The average molecular weight is 342 g/mol. The molecular weight excluding hydrogens is 320 g/mol. The van der Waals surface area contributed by atoms with Crippen LogP contribution in [0.25, 0.3) is 21.3 Å². The Morgan fingerprint density at radius 3 is 2.88 bits per heavy atom. The Morgan fingerprint density at radius 2 is 2.21 bits per heavy atom. The van der Waals surface area contributed by atoms with E-state index < -0.39 is 0 Å². The van der Waals surface area contributed by atoms with Gasteiger partial charge in [-0.15, -0.1) is 11.3 Å². The predicted molar refractivity (Wildman–Crippen MR) is 97.4 cm³/mol. The summed E-state index contributed by atoms with van der Waals surface area (Å²) in [5, 5.41) is 9.43. The second-order valence-electron chi connectivity index (χ2n) is 6.22. The van der Waals surface area contributed by atoms with Crippen LogP contribution in [-0.4, -0.2) is 27.7 Å². The van der Waals surface area contributed by atoms with Crippen molar-refractivity contribution in [2.45, 2.75) is 45.6 Å². The van der Waals surface area contributed by atoms with Gasteiger partial charge < -0.3 is 9.30 Å². The van der Waals surface area contributed by atoms with Gasteiger partial charge in [0.15, 0.2) is 0 Å². The number of thiophene rings is 1. The predicted octanol–water partition coefficient (Wildman–Crippen LogP) is 4.65. The first-order chi connectivity index (χ1) is 11.7. The van der Waals surface area contributed by atoms with Crippen molar-refractivity contribution in [3.63, 3.8) is 0 Å². The molecule has 1 unspecified atom stereocenters. The van der Waals surface area contributed by atoms with Gasteiger partial charge in [0, 0.05) is 19.4 Å². The van der Waals surface area contributed by atoms with E-state index >= 15 is 0 Å². The standard InChI is InChI=1S/C16H19N3OS.C2H3N/c1-10(2)16-18-13-8-17-12-5-7-21-15(12)14(13)19(16)11-4-3-6-20-9-11;1-2-3/h5,7-8,10-11H,3-4,6,9H2,1-2H3;1H3. The Morgan fingerprint density at radius 1 is 1.42 bits per heavy atom. The van der Waals surface area contributed by atoms with E-state index in [9.17, 15) is 0 Å². The minimum absolute atomic E-state index is 0.397. The van der Waals surface area contributed by atoms with Crippen LogP contribution in [0.1, 0.15) is 51.4 Å². The molecule has 0 bridgehead atoms. The number of rotatable bonds is 2. The summed E-state index contributed by atoms with van der Waals surface area (Å²) >= 11 is 1.76. The maximum atomic E-state index is 7.32. The van der Waals surface area contributed by atoms with E-state index in [1.54, 1.807) is 17.4 Å². The molecule has 0 spiro atoms. The van der Waals surface area contributed by atoms with Crippen LogP contribution >= 0.6 is 11.3 Å². The molecule has 6 heteroatoms. The Balaban J connectivity index is 0.000000526. The van der Waals surface area contributed by atoms with Crippen molar-refractivity contribution in [2.24, 2.45) is 0 Å². The zero-order valence-corrected chi connectivity index (χ0v) is 15.1. The maximum Gasteiger partial charge on any atom is 0.112 e. The third kappa shape index (κ3) is 3.02. The van der Waals surface area contributed by atoms with Crippen LogP contribution in [0, 0.1) is 11.3 Å². The quantitative estimate of drug-likeness (QED) is 0.680. The van der Waals surface area contributed by atoms with Gasteiger partial charge in [-0.25, -0.2) is 4.98 Å². The average Bonchev–Trinajstić information content (AvgIpc) is 3.20. The molecule has 4 heterocycles. The van der Waals surface area contributed by atoms with E-state index in [4.69, 9.17) is 15.0 Å². The number of nitrogens with zero attached hydrogens (tertiary/aromatic N) is 4. The number of ether oxygens (including phenoxy) is 1. The van der Waals surface area contributed by atoms with E-state index in [2.05, 4.69) is 34.8 Å². The molecule has 126 valence electrons. The van der Waals surface area contributed by atoms with Gasteiger partial charge >= 0.3 is 0 Å². The summed E-state index contributed by atoms with van der Waals surface area (Å²) in [4.78, 5) is 9.40. The maximum absolute atomic E-state index is 7.32. The first-order valence-electron chi connectivity index (χ1n) is 8.30. The smallest absolute Gasteiger partial charge is 0.112 e. The van der Waals surface area contributed by atoms with Crippen LogP contribution in [0.5, 0.6) is 0 Å². The molecule has 3 aromatic heterocycles. The van der Waals surface area contributed by atoms with Crippen LogP contribution < -0.4 is 0 Å². The Bertz CT molecular complexity index is 868. The lowest BCUT2D eigenvalue weighted by molar-refractivity contribution is 0.0594. The molecule has 0 aliphatic carbocycles. The first-order valence-corrected chi connectivity index (χ1v) is 9.18. The second kappa shape index (κ2) is 7.29. The summed E-state index contributed by atoms with van der Waals surface area (Å²) in [6.07, 6.45) is 4.21. The fourth-order valence-electron chi connectivity index (χ4n) is 3.20. The molecule has 3 aromatic rings. The van der Waals surface area contributed by atoms with Crippen LogP contribution in [-0.2, 0) is 4.74 Å². The second-order valence-corrected chi connectivity index (χ2v) is 7.13. The molecule has 1 atom stereocenters. The molecule has 24 heavy (non-hydrogen) atoms. The monoisotopic (exact) mass is 342 g/mol. The van der Waals surface area contributed by atoms with Gasteiger partial charge in [0.05, 0.1) is 40.6 Å². The summed E-state index contributed by atoms with van der Waals surface area (Å²) in [6.45, 7) is 7.53. The topological polar surface area (TPSA) is 63.7 Å². The summed E-state index contributed by atoms with van der Waals surface area (Å²) < 4.78 is 9.40. The number of pyridine rings is 1. The molecule has 0 N–H and O–H groups in total. The molecule has 0 radical (unpaired) electrons. The van der Waals surface area contributed by atoms with Gasteiger partial charge in [0.1, 0.15) is 11.3 Å². The summed E-state index contributed by atoms with van der Waals surface area (Å²) in [6, 6.07) is 4.23. The zero-order valence-electron chi connectivity index (χ0n) is 14.3. The van der Waals surface area contributed by atoms with Crippen molar-refractivity contribution in [2.75, 3.05) is 13.2 Å². The van der Waals surface area contributed by atoms with Gasteiger partial charge in [-0.2, -0.15) is 5.26 Å². The lowest BCUT2D eigenvalue weighted by atomic mass is 10.1. The molecule has 1 aliphatic heterocycles. The van der Waals surface area contributed by atoms with Crippen molar-refractivity contribution >= 4 is 32.6 Å². The Kier molecular flexibility index (Phi) is 5.12. The summed E-state index contributed by atoms with van der Waals surface area (Å²) in [5.74, 6) is 1.55. The van der Waals surface area contributed by atoms with Crippen molar-refractivity contribution < 1.29 is 4.74 Å². The SMILES string of the molecule is CC#N.CC(C)c1nc2cnc3ccsc3c2n1C1CCCOC1. The normalized spacial score (nSPS) is 17.7. The summed E-state index contributed by atoms with van der Waals surface area (Å²) in [5.41, 5.74) is 3.33. The van der Waals surface area contributed by atoms with Gasteiger partial charge in [0.25, 0.3) is 0 Å². The summed E-state index contributed by atoms with van der Waals surface area (Å²) in [7, 11) is 0. The zero-order chi connectivity index (χ0) is 17.1. The lowest BCUT2D eigenvalue weighted by Crippen LogP contribution is -2.23. The number of aromatic nitrogens is 3. The third-order valence-electron chi connectivity index (χ3n) is 4.17. The van der Waals surface area contributed by atoms with E-state index in [1.807, 2.05) is 6.20 Å². The molecule has 1 saturated heterocycles. The number of hydrogen-bond acceptors (Lipinski definition) is 5. The van der Waals surface area contributed by atoms with Crippen LogP contribution in [0.4, 0.5) is 0 Å². The van der Waals surface area contributed by atoms with Gasteiger partial charge in [-0.1, -0.05) is 13.8 Å². The van der Waals surface area contributed by atoms with E-state index in [0.717, 1.165) is 36.5 Å².